The third-order valence-corrected chi connectivity index (χ3v) is 6.56. The normalized spacial score (nSPS) is 11.5. The number of carbonyl (C=O) groups excluding carboxylic acids is 2. The number of allylic oxidation sites excluding steroid dienone is 4. The first kappa shape index (κ1) is 36.8. The largest absolute Gasteiger partial charge is 0.480 e. The Morgan fingerprint density at radius 1 is 0.850 bits per heavy atom. The quantitative estimate of drug-likeness (QED) is 0.101. The van der Waals surface area contributed by atoms with E-state index < -0.39 is 24.5 Å². The summed E-state index contributed by atoms with van der Waals surface area (Å²) in [6.07, 6.45) is 22.4. The van der Waals surface area contributed by atoms with Crippen molar-refractivity contribution in [2.45, 2.75) is 116 Å². The van der Waals surface area contributed by atoms with Crippen LogP contribution in [-0.4, -0.2) is 35.5 Å². The number of carboxylic acids is 1. The van der Waals surface area contributed by atoms with Crippen molar-refractivity contribution in [2.24, 2.45) is 0 Å². The number of benzene rings is 1. The zero-order valence-corrected chi connectivity index (χ0v) is 25.1. The topological polar surface area (TPSA) is 95.5 Å². The number of carboxylic acid groups (broad SMARTS) is 1. The van der Waals surface area contributed by atoms with E-state index in [-0.39, 0.29) is 5.91 Å². The number of unbranched alkanes of at least 4 members (excludes halogenated alkanes) is 12. The molecule has 1 aromatic carbocycles. The van der Waals surface area contributed by atoms with Crippen LogP contribution in [0, 0.1) is 0 Å². The van der Waals surface area contributed by atoms with Crippen LogP contribution < -0.4 is 10.6 Å². The van der Waals surface area contributed by atoms with Crippen LogP contribution in [0.25, 0.3) is 0 Å². The van der Waals surface area contributed by atoms with E-state index in [1.54, 1.807) is 12.2 Å². The number of rotatable bonds is 22. The van der Waals surface area contributed by atoms with Gasteiger partial charge in [0.25, 0.3) is 0 Å². The molecule has 3 N–H and O–H groups in total. The molecule has 1 rings (SSSR count). The second kappa shape index (κ2) is 26.1. The summed E-state index contributed by atoms with van der Waals surface area (Å²) in [7, 11) is 0. The molecule has 1 unspecified atom stereocenters. The minimum Gasteiger partial charge on any atom is -0.480 e. The summed E-state index contributed by atoms with van der Waals surface area (Å²) in [4.78, 5) is 35.5. The van der Waals surface area contributed by atoms with Crippen LogP contribution in [0.1, 0.15) is 109 Å². The minimum absolute atomic E-state index is 0.163. The lowest BCUT2D eigenvalue weighted by Gasteiger charge is -2.18. The fourth-order valence-electron chi connectivity index (χ4n) is 4.17. The van der Waals surface area contributed by atoms with Crippen LogP contribution in [0.2, 0.25) is 0 Å². The van der Waals surface area contributed by atoms with Gasteiger partial charge < -0.3 is 15.7 Å². The molecule has 0 bridgehead atoms. The van der Waals surface area contributed by atoms with Gasteiger partial charge in [-0.1, -0.05) is 151 Å². The Morgan fingerprint density at radius 2 is 1.38 bits per heavy atom. The minimum atomic E-state index is -1.11. The molecule has 224 valence electrons. The standard InChI is InChI=1S/C27H44N2O4.C7H10/c1-2-3-4-5-6-7-8-9-10-11-12-13-17-20-25(30)29-24(27(33)28-22-26(31)32)21-23-18-15-14-16-19-23;1-4-6-7(3)5-2/h14-16,18-19,24H,2-13,17,20-22H2,1H3,(H,28,33)(H,29,30)(H,31,32);4-6H,1-2H2,3H3/b;7-6-. The van der Waals surface area contributed by atoms with E-state index in [1.807, 2.05) is 43.3 Å². The lowest BCUT2D eigenvalue weighted by Crippen LogP contribution is -2.49. The zero-order valence-electron chi connectivity index (χ0n) is 25.1. The molecule has 6 heteroatoms. The first-order chi connectivity index (χ1) is 19.3. The molecule has 0 aliphatic heterocycles. The Hall–Kier alpha value is -3.15. The predicted octanol–water partition coefficient (Wildman–Crippen LogP) is 7.70. The van der Waals surface area contributed by atoms with E-state index in [4.69, 9.17) is 5.11 Å². The molecule has 0 saturated heterocycles. The maximum atomic E-state index is 12.4. The molecule has 0 aliphatic rings. The van der Waals surface area contributed by atoms with E-state index >= 15 is 0 Å². The lowest BCUT2D eigenvalue weighted by atomic mass is 10.0. The van der Waals surface area contributed by atoms with Gasteiger partial charge in [-0.2, -0.15) is 0 Å². The van der Waals surface area contributed by atoms with Crippen molar-refractivity contribution in [3.63, 3.8) is 0 Å². The first-order valence-electron chi connectivity index (χ1n) is 15.1. The van der Waals surface area contributed by atoms with Gasteiger partial charge in [-0.05, 0) is 18.9 Å². The van der Waals surface area contributed by atoms with E-state index in [1.165, 1.54) is 64.2 Å². The SMILES string of the molecule is C=C/C=C(/C)C=C.CCCCCCCCCCCCCCCC(=O)NC(Cc1ccccc1)C(=O)NCC(=O)O. The molecule has 1 aromatic rings. The molecular weight excluding hydrogens is 500 g/mol. The maximum Gasteiger partial charge on any atom is 0.322 e. The number of amides is 2. The second-order valence-corrected chi connectivity index (χ2v) is 10.3. The summed E-state index contributed by atoms with van der Waals surface area (Å²) in [5, 5.41) is 14.0. The number of nitrogens with one attached hydrogen (secondary N) is 2. The summed E-state index contributed by atoms with van der Waals surface area (Å²) in [5.41, 5.74) is 2.06. The van der Waals surface area contributed by atoms with Crippen LogP contribution in [0.5, 0.6) is 0 Å². The number of aliphatic carboxylic acids is 1. The Morgan fingerprint density at radius 3 is 1.82 bits per heavy atom. The van der Waals surface area contributed by atoms with Gasteiger partial charge in [0.2, 0.25) is 11.8 Å². The van der Waals surface area contributed by atoms with Crippen molar-refractivity contribution in [1.82, 2.24) is 10.6 Å². The average molecular weight is 555 g/mol. The van der Waals surface area contributed by atoms with E-state index in [2.05, 4.69) is 30.7 Å². The molecule has 0 saturated carbocycles. The van der Waals surface area contributed by atoms with E-state index in [0.717, 1.165) is 30.4 Å². The van der Waals surface area contributed by atoms with Gasteiger partial charge >= 0.3 is 5.97 Å². The summed E-state index contributed by atoms with van der Waals surface area (Å²) < 4.78 is 0. The molecule has 0 aromatic heterocycles. The molecular formula is C34H54N2O4. The van der Waals surface area contributed by atoms with Gasteiger partial charge in [-0.3, -0.25) is 14.4 Å². The Labute approximate surface area is 243 Å². The Bertz CT molecular complexity index is 864. The van der Waals surface area contributed by atoms with E-state index in [0.29, 0.717) is 12.8 Å². The Balaban J connectivity index is 0.00000191. The molecule has 2 amide bonds. The van der Waals surface area contributed by atoms with Crippen molar-refractivity contribution < 1.29 is 19.5 Å². The third kappa shape index (κ3) is 22.8. The monoisotopic (exact) mass is 554 g/mol. The van der Waals surface area contributed by atoms with Crippen molar-refractivity contribution in [2.75, 3.05) is 6.54 Å². The van der Waals surface area contributed by atoms with Crippen LogP contribution in [0.3, 0.4) is 0 Å². The van der Waals surface area contributed by atoms with Gasteiger partial charge in [0.1, 0.15) is 12.6 Å². The number of carbonyl (C=O) groups is 3. The van der Waals surface area contributed by atoms with E-state index in [9.17, 15) is 14.4 Å². The summed E-state index contributed by atoms with van der Waals surface area (Å²) in [6, 6.07) is 8.62. The van der Waals surface area contributed by atoms with Crippen molar-refractivity contribution in [3.05, 3.63) is 72.9 Å². The molecule has 0 heterocycles. The maximum absolute atomic E-state index is 12.4. The third-order valence-electron chi connectivity index (χ3n) is 6.56. The second-order valence-electron chi connectivity index (χ2n) is 10.3. The summed E-state index contributed by atoms with van der Waals surface area (Å²) >= 11 is 0. The number of hydrogen-bond acceptors (Lipinski definition) is 3. The molecule has 0 radical (unpaired) electrons. The highest BCUT2D eigenvalue weighted by atomic mass is 16.4. The molecule has 0 fully saturated rings. The molecule has 40 heavy (non-hydrogen) atoms. The predicted molar refractivity (Wildman–Crippen MR) is 167 cm³/mol. The van der Waals surface area contributed by atoms with Crippen LogP contribution in [-0.2, 0) is 20.8 Å². The molecule has 1 atom stereocenters. The molecule has 0 aliphatic carbocycles. The molecule has 6 nitrogen and oxygen atoms in total. The van der Waals surface area contributed by atoms with Gasteiger partial charge in [0.05, 0.1) is 0 Å². The smallest absolute Gasteiger partial charge is 0.322 e. The molecule has 0 spiro atoms. The van der Waals surface area contributed by atoms with Gasteiger partial charge in [0.15, 0.2) is 0 Å². The van der Waals surface area contributed by atoms with Gasteiger partial charge in [-0.15, -0.1) is 0 Å². The van der Waals surface area contributed by atoms with Gasteiger partial charge in [-0.25, -0.2) is 0 Å². The number of hydrogen-bond donors (Lipinski definition) is 3. The lowest BCUT2D eigenvalue weighted by molar-refractivity contribution is -0.138. The highest BCUT2D eigenvalue weighted by Gasteiger charge is 2.21. The Kier molecular flexibility index (Phi) is 24.0. The summed E-state index contributed by atoms with van der Waals surface area (Å²) in [6.45, 7) is 10.9. The van der Waals surface area contributed by atoms with Crippen LogP contribution in [0.4, 0.5) is 0 Å². The van der Waals surface area contributed by atoms with Crippen molar-refractivity contribution >= 4 is 17.8 Å². The van der Waals surface area contributed by atoms with Crippen molar-refractivity contribution in [1.29, 1.82) is 0 Å². The van der Waals surface area contributed by atoms with Gasteiger partial charge in [0, 0.05) is 12.8 Å². The zero-order chi connectivity index (χ0) is 29.8. The summed E-state index contributed by atoms with van der Waals surface area (Å²) in [5.74, 6) is -1.75. The fourth-order valence-corrected chi connectivity index (χ4v) is 4.17. The first-order valence-corrected chi connectivity index (χ1v) is 15.1. The van der Waals surface area contributed by atoms with Crippen LogP contribution in [0.15, 0.2) is 67.3 Å². The van der Waals surface area contributed by atoms with Crippen molar-refractivity contribution in [3.8, 4) is 0 Å². The highest BCUT2D eigenvalue weighted by molar-refractivity contribution is 5.89. The fraction of sp³-hybridized carbons (Fsp3) is 0.559. The average Bonchev–Trinajstić information content (AvgIpc) is 2.94. The highest BCUT2D eigenvalue weighted by Crippen LogP contribution is 2.13. The van der Waals surface area contributed by atoms with Crippen LogP contribution >= 0.6 is 0 Å².